The van der Waals surface area contributed by atoms with Crippen LogP contribution in [0.4, 0.5) is 10.1 Å². The number of halogens is 1. The maximum atomic E-state index is 14.0. The maximum absolute atomic E-state index is 14.0. The highest BCUT2D eigenvalue weighted by Crippen LogP contribution is 2.25. The molecule has 2 rings (SSSR count). The summed E-state index contributed by atoms with van der Waals surface area (Å²) in [5.74, 6) is -0.304. The van der Waals surface area contributed by atoms with Crippen LogP contribution in [-0.4, -0.2) is 29.8 Å². The topological polar surface area (TPSA) is 61.4 Å². The summed E-state index contributed by atoms with van der Waals surface area (Å²) < 4.78 is 14.0. The Morgan fingerprint density at radius 1 is 1.59 bits per heavy atom. The minimum Gasteiger partial charge on any atom is -0.508 e. The third-order valence-corrected chi connectivity index (χ3v) is 2.80. The molecule has 0 aromatic heterocycles. The van der Waals surface area contributed by atoms with E-state index in [1.54, 1.807) is 12.1 Å². The number of hydrogen-bond acceptors (Lipinski definition) is 3. The summed E-state index contributed by atoms with van der Waals surface area (Å²) in [6.07, 6.45) is 0.204. The van der Waals surface area contributed by atoms with Crippen molar-refractivity contribution in [1.82, 2.24) is 5.32 Å². The van der Waals surface area contributed by atoms with E-state index in [9.17, 15) is 14.3 Å². The van der Waals surface area contributed by atoms with Crippen LogP contribution < -0.4 is 10.6 Å². The first-order valence-corrected chi connectivity index (χ1v) is 5.56. The Hall–Kier alpha value is -1.62. The minimum absolute atomic E-state index is 0.0697. The first kappa shape index (κ1) is 11.9. The Morgan fingerprint density at radius 2 is 2.41 bits per heavy atom. The van der Waals surface area contributed by atoms with Crippen molar-refractivity contribution in [2.75, 3.05) is 18.4 Å². The van der Waals surface area contributed by atoms with Crippen LogP contribution in [0.1, 0.15) is 12.8 Å². The van der Waals surface area contributed by atoms with Gasteiger partial charge >= 0.3 is 0 Å². The lowest BCUT2D eigenvalue weighted by Gasteiger charge is -2.17. The molecular weight excluding hydrogens is 223 g/mol. The summed E-state index contributed by atoms with van der Waals surface area (Å²) in [5, 5.41) is 14.7. The molecule has 1 unspecified atom stereocenters. The third-order valence-electron chi connectivity index (χ3n) is 2.80. The van der Waals surface area contributed by atoms with Gasteiger partial charge in [-0.05, 0) is 25.1 Å². The van der Waals surface area contributed by atoms with E-state index in [1.807, 2.05) is 0 Å². The Labute approximate surface area is 98.8 Å². The number of benzene rings is 1. The molecule has 1 aromatic carbocycles. The molecule has 1 saturated heterocycles. The van der Waals surface area contributed by atoms with Gasteiger partial charge in [-0.15, -0.1) is 0 Å². The zero-order valence-corrected chi connectivity index (χ0v) is 9.37. The molecule has 5 heteroatoms. The van der Waals surface area contributed by atoms with Crippen LogP contribution in [0.5, 0.6) is 5.75 Å². The first-order valence-electron chi connectivity index (χ1n) is 5.56. The zero-order chi connectivity index (χ0) is 12.3. The van der Waals surface area contributed by atoms with E-state index in [0.29, 0.717) is 18.7 Å². The number of aromatic hydroxyl groups is 1. The quantitative estimate of drug-likeness (QED) is 0.746. The summed E-state index contributed by atoms with van der Waals surface area (Å²) in [6.45, 7) is 0.830. The number of amides is 1. The molecular formula is C12H15FN2O2. The van der Waals surface area contributed by atoms with Gasteiger partial charge < -0.3 is 15.7 Å². The number of anilines is 1. The van der Waals surface area contributed by atoms with Gasteiger partial charge in [0.15, 0.2) is 0 Å². The number of phenols is 1. The van der Waals surface area contributed by atoms with E-state index in [0.717, 1.165) is 0 Å². The van der Waals surface area contributed by atoms with Gasteiger partial charge in [0.2, 0.25) is 5.91 Å². The molecule has 1 atom stereocenters. The molecule has 1 aromatic rings. The summed E-state index contributed by atoms with van der Waals surface area (Å²) in [6, 6.07) is 6.20. The Bertz CT molecular complexity index is 417. The van der Waals surface area contributed by atoms with E-state index < -0.39 is 5.67 Å². The predicted octanol–water partition coefficient (Wildman–Crippen LogP) is 1.42. The number of hydrogen-bond donors (Lipinski definition) is 3. The van der Waals surface area contributed by atoms with Crippen LogP contribution >= 0.6 is 0 Å². The largest absolute Gasteiger partial charge is 0.508 e. The highest BCUT2D eigenvalue weighted by molar-refractivity contribution is 5.91. The molecule has 4 nitrogen and oxygen atoms in total. The highest BCUT2D eigenvalue weighted by Gasteiger charge is 2.35. The second-order valence-electron chi connectivity index (χ2n) is 4.35. The fraction of sp³-hybridized carbons (Fsp3) is 0.417. The van der Waals surface area contributed by atoms with Gasteiger partial charge in [0.25, 0.3) is 0 Å². The lowest BCUT2D eigenvalue weighted by molar-refractivity contribution is -0.118. The maximum Gasteiger partial charge on any atom is 0.227 e. The fourth-order valence-corrected chi connectivity index (χ4v) is 1.94. The minimum atomic E-state index is -1.44. The van der Waals surface area contributed by atoms with E-state index in [2.05, 4.69) is 10.6 Å². The van der Waals surface area contributed by atoms with Crippen LogP contribution in [0.3, 0.4) is 0 Å². The van der Waals surface area contributed by atoms with E-state index in [1.165, 1.54) is 12.1 Å². The van der Waals surface area contributed by atoms with Gasteiger partial charge in [0.1, 0.15) is 11.4 Å². The molecule has 1 fully saturated rings. The summed E-state index contributed by atoms with van der Waals surface area (Å²) in [7, 11) is 0. The van der Waals surface area contributed by atoms with Crippen LogP contribution in [0, 0.1) is 0 Å². The van der Waals surface area contributed by atoms with Crippen LogP contribution in [0.2, 0.25) is 0 Å². The van der Waals surface area contributed by atoms with Crippen molar-refractivity contribution in [3.05, 3.63) is 24.3 Å². The molecule has 0 saturated carbocycles. The van der Waals surface area contributed by atoms with Crippen molar-refractivity contribution in [1.29, 1.82) is 0 Å². The van der Waals surface area contributed by atoms with Gasteiger partial charge in [-0.25, -0.2) is 4.39 Å². The van der Waals surface area contributed by atoms with Crippen molar-refractivity contribution in [2.24, 2.45) is 0 Å². The Morgan fingerprint density at radius 3 is 3.06 bits per heavy atom. The van der Waals surface area contributed by atoms with Crippen molar-refractivity contribution in [3.63, 3.8) is 0 Å². The smallest absolute Gasteiger partial charge is 0.227 e. The van der Waals surface area contributed by atoms with E-state index in [4.69, 9.17) is 0 Å². The van der Waals surface area contributed by atoms with Crippen LogP contribution in [-0.2, 0) is 4.79 Å². The Kier molecular flexibility index (Phi) is 3.28. The molecule has 92 valence electrons. The van der Waals surface area contributed by atoms with Gasteiger partial charge in [-0.2, -0.15) is 0 Å². The van der Waals surface area contributed by atoms with Crippen LogP contribution in [0.15, 0.2) is 24.3 Å². The molecule has 0 aliphatic carbocycles. The van der Waals surface area contributed by atoms with Gasteiger partial charge in [0, 0.05) is 18.3 Å². The standard InChI is InChI=1S/C12H15FN2O2/c13-12(4-5-14-8-12)7-11(17)15-9-2-1-3-10(16)6-9/h1-3,6,14,16H,4-5,7-8H2,(H,15,17). The first-order chi connectivity index (χ1) is 8.07. The molecule has 3 N–H and O–H groups in total. The van der Waals surface area contributed by atoms with E-state index in [-0.39, 0.29) is 24.6 Å². The number of nitrogens with one attached hydrogen (secondary N) is 2. The SMILES string of the molecule is O=C(CC1(F)CCNC1)Nc1cccc(O)c1. The van der Waals surface area contributed by atoms with Gasteiger partial charge in [-0.3, -0.25) is 4.79 Å². The second-order valence-corrected chi connectivity index (χ2v) is 4.35. The number of carbonyl (C=O) groups excluding carboxylic acids is 1. The molecule has 0 spiro atoms. The second kappa shape index (κ2) is 4.71. The normalized spacial score (nSPS) is 23.6. The number of phenolic OH excluding ortho intramolecular Hbond substituents is 1. The summed E-state index contributed by atoms with van der Waals surface area (Å²) in [4.78, 5) is 11.6. The summed E-state index contributed by atoms with van der Waals surface area (Å²) >= 11 is 0. The molecule has 0 radical (unpaired) electrons. The van der Waals surface area contributed by atoms with Gasteiger partial charge in [-0.1, -0.05) is 6.07 Å². The predicted molar refractivity (Wildman–Crippen MR) is 62.7 cm³/mol. The molecule has 17 heavy (non-hydrogen) atoms. The number of rotatable bonds is 3. The molecule has 1 aliphatic heterocycles. The van der Waals surface area contributed by atoms with Crippen molar-refractivity contribution >= 4 is 11.6 Å². The average molecular weight is 238 g/mol. The van der Waals surface area contributed by atoms with Crippen molar-refractivity contribution in [3.8, 4) is 5.75 Å². The average Bonchev–Trinajstić information content (AvgIpc) is 2.64. The number of carbonyl (C=O) groups is 1. The molecule has 1 amide bonds. The summed E-state index contributed by atoms with van der Waals surface area (Å²) in [5.41, 5.74) is -0.967. The number of alkyl halides is 1. The van der Waals surface area contributed by atoms with Crippen molar-refractivity contribution < 1.29 is 14.3 Å². The lowest BCUT2D eigenvalue weighted by Crippen LogP contribution is -2.31. The monoisotopic (exact) mass is 238 g/mol. The zero-order valence-electron chi connectivity index (χ0n) is 9.37. The van der Waals surface area contributed by atoms with Crippen LogP contribution in [0.25, 0.3) is 0 Å². The van der Waals surface area contributed by atoms with E-state index >= 15 is 0 Å². The molecule has 1 aliphatic rings. The third kappa shape index (κ3) is 3.17. The Balaban J connectivity index is 1.93. The molecule has 1 heterocycles. The fourth-order valence-electron chi connectivity index (χ4n) is 1.94. The highest BCUT2D eigenvalue weighted by atomic mass is 19.1. The van der Waals surface area contributed by atoms with Crippen molar-refractivity contribution in [2.45, 2.75) is 18.5 Å². The van der Waals surface area contributed by atoms with Gasteiger partial charge in [0.05, 0.1) is 6.42 Å². The molecule has 0 bridgehead atoms. The lowest BCUT2D eigenvalue weighted by atomic mass is 10.0.